The Morgan fingerprint density at radius 2 is 1.83 bits per heavy atom. The number of carbonyl (C=O) groups is 2. The van der Waals surface area contributed by atoms with E-state index in [2.05, 4.69) is 21.2 Å². The lowest BCUT2D eigenvalue weighted by Crippen LogP contribution is -2.47. The number of rotatable bonds is 4. The molecule has 1 heterocycles. The molecule has 1 saturated heterocycles. The molecular formula is C18H23BrN2O3. The molecule has 6 heteroatoms. The third kappa shape index (κ3) is 3.74. The standard InChI is InChI=1S/C18H23BrN2O3/c19-14-7-6-8-15(13-14)24-12-11-21-16(22)18(20-17(21)23)9-4-2-1-3-5-10-18/h6-8,13H,1-5,9-12H2,(H,20,23). The minimum Gasteiger partial charge on any atom is -0.492 e. The number of imide groups is 1. The number of hydrogen-bond acceptors (Lipinski definition) is 3. The van der Waals surface area contributed by atoms with Crippen LogP contribution >= 0.6 is 15.9 Å². The quantitative estimate of drug-likeness (QED) is 0.788. The Morgan fingerprint density at radius 1 is 1.12 bits per heavy atom. The van der Waals surface area contributed by atoms with Crippen molar-refractivity contribution in [2.75, 3.05) is 13.2 Å². The molecule has 1 aromatic rings. The van der Waals surface area contributed by atoms with E-state index in [1.54, 1.807) is 0 Å². The molecule has 2 fully saturated rings. The molecule has 2 aliphatic rings. The maximum Gasteiger partial charge on any atom is 0.325 e. The second-order valence-corrected chi connectivity index (χ2v) is 7.46. The van der Waals surface area contributed by atoms with Crippen molar-refractivity contribution in [2.24, 2.45) is 0 Å². The summed E-state index contributed by atoms with van der Waals surface area (Å²) in [6, 6.07) is 7.24. The molecule has 1 aliphatic heterocycles. The molecule has 1 saturated carbocycles. The Hall–Kier alpha value is -1.56. The van der Waals surface area contributed by atoms with Gasteiger partial charge in [-0.1, -0.05) is 54.1 Å². The lowest BCUT2D eigenvalue weighted by Gasteiger charge is -2.28. The van der Waals surface area contributed by atoms with E-state index in [9.17, 15) is 9.59 Å². The van der Waals surface area contributed by atoms with Gasteiger partial charge in [0.2, 0.25) is 0 Å². The van der Waals surface area contributed by atoms with Gasteiger partial charge in [-0.05, 0) is 31.0 Å². The van der Waals surface area contributed by atoms with Gasteiger partial charge >= 0.3 is 6.03 Å². The summed E-state index contributed by atoms with van der Waals surface area (Å²) in [5.74, 6) is 0.643. The van der Waals surface area contributed by atoms with Gasteiger partial charge < -0.3 is 10.1 Å². The summed E-state index contributed by atoms with van der Waals surface area (Å²) in [5.41, 5.74) is -0.673. The van der Waals surface area contributed by atoms with Crippen molar-refractivity contribution in [1.82, 2.24) is 10.2 Å². The van der Waals surface area contributed by atoms with Gasteiger partial charge in [0.25, 0.3) is 5.91 Å². The van der Waals surface area contributed by atoms with Gasteiger partial charge in [-0.25, -0.2) is 4.79 Å². The third-order valence-corrected chi connectivity index (χ3v) is 5.33. The van der Waals surface area contributed by atoms with Crippen molar-refractivity contribution in [3.8, 4) is 5.75 Å². The maximum absolute atomic E-state index is 12.8. The molecule has 3 amide bonds. The molecule has 1 N–H and O–H groups in total. The van der Waals surface area contributed by atoms with E-state index in [-0.39, 0.29) is 18.5 Å². The number of halogens is 1. The van der Waals surface area contributed by atoms with Crippen molar-refractivity contribution in [1.29, 1.82) is 0 Å². The molecule has 0 aromatic heterocycles. The molecule has 1 aromatic carbocycles. The molecule has 0 radical (unpaired) electrons. The largest absolute Gasteiger partial charge is 0.492 e. The number of nitrogens with zero attached hydrogens (tertiary/aromatic N) is 1. The van der Waals surface area contributed by atoms with Gasteiger partial charge in [0.1, 0.15) is 17.9 Å². The predicted octanol–water partition coefficient (Wildman–Crippen LogP) is 3.86. The predicted molar refractivity (Wildman–Crippen MR) is 94.9 cm³/mol. The maximum atomic E-state index is 12.8. The smallest absolute Gasteiger partial charge is 0.325 e. The highest BCUT2D eigenvalue weighted by atomic mass is 79.9. The van der Waals surface area contributed by atoms with Gasteiger partial charge in [-0.2, -0.15) is 0 Å². The lowest BCUT2D eigenvalue weighted by atomic mass is 9.84. The topological polar surface area (TPSA) is 58.6 Å². The Kier molecular flexibility index (Phi) is 5.43. The van der Waals surface area contributed by atoms with Crippen molar-refractivity contribution < 1.29 is 14.3 Å². The Labute approximate surface area is 150 Å². The SMILES string of the molecule is O=C1NC2(CCCCCCC2)C(=O)N1CCOc1cccc(Br)c1. The average Bonchev–Trinajstić information content (AvgIpc) is 2.76. The summed E-state index contributed by atoms with van der Waals surface area (Å²) in [5, 5.41) is 2.97. The highest BCUT2D eigenvalue weighted by Crippen LogP contribution is 2.32. The van der Waals surface area contributed by atoms with Gasteiger partial charge in [-0.15, -0.1) is 0 Å². The second kappa shape index (κ2) is 7.55. The molecule has 1 aliphatic carbocycles. The average molecular weight is 395 g/mol. The lowest BCUT2D eigenvalue weighted by molar-refractivity contribution is -0.132. The fourth-order valence-corrected chi connectivity index (χ4v) is 3.92. The van der Waals surface area contributed by atoms with Crippen LogP contribution in [0, 0.1) is 0 Å². The minimum atomic E-state index is -0.673. The first-order valence-electron chi connectivity index (χ1n) is 8.63. The van der Waals surface area contributed by atoms with E-state index in [0.717, 1.165) is 48.7 Å². The normalized spacial score (nSPS) is 20.6. The fourth-order valence-electron chi connectivity index (χ4n) is 3.54. The first-order chi connectivity index (χ1) is 11.6. The van der Waals surface area contributed by atoms with Crippen LogP contribution in [0.2, 0.25) is 0 Å². The van der Waals surface area contributed by atoms with Crippen molar-refractivity contribution >= 4 is 27.9 Å². The summed E-state index contributed by atoms with van der Waals surface area (Å²) in [4.78, 5) is 26.4. The summed E-state index contributed by atoms with van der Waals surface area (Å²) < 4.78 is 6.60. The van der Waals surface area contributed by atoms with E-state index in [1.165, 1.54) is 11.3 Å². The van der Waals surface area contributed by atoms with Crippen LogP contribution in [-0.2, 0) is 4.79 Å². The molecule has 0 unspecified atom stereocenters. The first kappa shape index (κ1) is 17.3. The van der Waals surface area contributed by atoms with Crippen molar-refractivity contribution in [2.45, 2.75) is 50.5 Å². The summed E-state index contributed by atoms with van der Waals surface area (Å²) in [6.07, 6.45) is 6.99. The van der Waals surface area contributed by atoms with E-state index in [4.69, 9.17) is 4.74 Å². The van der Waals surface area contributed by atoms with Crippen LogP contribution in [0.25, 0.3) is 0 Å². The van der Waals surface area contributed by atoms with Crippen LogP contribution in [0.1, 0.15) is 44.9 Å². The molecule has 3 rings (SSSR count). The third-order valence-electron chi connectivity index (χ3n) is 4.83. The number of carbonyl (C=O) groups excluding carboxylic acids is 2. The highest BCUT2D eigenvalue weighted by molar-refractivity contribution is 9.10. The summed E-state index contributed by atoms with van der Waals surface area (Å²) in [7, 11) is 0. The zero-order chi connectivity index (χ0) is 17.0. The number of amides is 3. The van der Waals surface area contributed by atoms with E-state index < -0.39 is 5.54 Å². The van der Waals surface area contributed by atoms with E-state index >= 15 is 0 Å². The molecule has 130 valence electrons. The number of nitrogens with one attached hydrogen (secondary N) is 1. The van der Waals surface area contributed by atoms with Crippen LogP contribution in [-0.4, -0.2) is 35.5 Å². The first-order valence-corrected chi connectivity index (χ1v) is 9.42. The fraction of sp³-hybridized carbons (Fsp3) is 0.556. The Morgan fingerprint density at radius 3 is 2.54 bits per heavy atom. The molecular weight excluding hydrogens is 372 g/mol. The van der Waals surface area contributed by atoms with Crippen LogP contribution in [0.3, 0.4) is 0 Å². The number of urea groups is 1. The van der Waals surface area contributed by atoms with E-state index in [1.807, 2.05) is 24.3 Å². The van der Waals surface area contributed by atoms with Crippen LogP contribution in [0.4, 0.5) is 4.79 Å². The zero-order valence-corrected chi connectivity index (χ0v) is 15.3. The Balaban J connectivity index is 1.59. The van der Waals surface area contributed by atoms with E-state index in [0.29, 0.717) is 6.61 Å². The number of benzene rings is 1. The molecule has 5 nitrogen and oxygen atoms in total. The second-order valence-electron chi connectivity index (χ2n) is 6.54. The highest BCUT2D eigenvalue weighted by Gasteiger charge is 2.50. The summed E-state index contributed by atoms with van der Waals surface area (Å²) >= 11 is 3.39. The van der Waals surface area contributed by atoms with Crippen LogP contribution in [0.15, 0.2) is 28.7 Å². The summed E-state index contributed by atoms with van der Waals surface area (Å²) in [6.45, 7) is 0.574. The minimum absolute atomic E-state index is 0.0766. The van der Waals surface area contributed by atoms with Crippen molar-refractivity contribution in [3.05, 3.63) is 28.7 Å². The number of hydrogen-bond donors (Lipinski definition) is 1. The molecule has 0 atom stereocenters. The molecule has 1 spiro atoms. The molecule has 0 bridgehead atoms. The Bertz CT molecular complexity index is 612. The van der Waals surface area contributed by atoms with Gasteiger partial charge in [0, 0.05) is 4.47 Å². The van der Waals surface area contributed by atoms with Crippen LogP contribution in [0.5, 0.6) is 5.75 Å². The van der Waals surface area contributed by atoms with Crippen molar-refractivity contribution in [3.63, 3.8) is 0 Å². The zero-order valence-electron chi connectivity index (χ0n) is 13.7. The van der Waals surface area contributed by atoms with Gasteiger partial charge in [-0.3, -0.25) is 9.69 Å². The number of ether oxygens (including phenoxy) is 1. The monoisotopic (exact) mass is 394 g/mol. The van der Waals surface area contributed by atoms with Gasteiger partial charge in [0.05, 0.1) is 6.54 Å². The van der Waals surface area contributed by atoms with Gasteiger partial charge in [0.15, 0.2) is 0 Å². The van der Waals surface area contributed by atoms with Crippen LogP contribution < -0.4 is 10.1 Å². The molecule has 24 heavy (non-hydrogen) atoms.